The topological polar surface area (TPSA) is 69.8 Å². The van der Waals surface area contributed by atoms with Gasteiger partial charge in [-0.05, 0) is 19.5 Å². The fraction of sp³-hybridized carbons (Fsp3) is 0.533. The lowest BCUT2D eigenvalue weighted by atomic mass is 9.97. The minimum absolute atomic E-state index is 0.192. The van der Waals surface area contributed by atoms with Gasteiger partial charge in [0.25, 0.3) is 0 Å². The Balaban J connectivity index is 2.19. The summed E-state index contributed by atoms with van der Waals surface area (Å²) in [5.41, 5.74) is 5.90. The van der Waals surface area contributed by atoms with E-state index in [0.717, 1.165) is 19.6 Å². The molecule has 1 fully saturated rings. The summed E-state index contributed by atoms with van der Waals surface area (Å²) in [6.07, 6.45) is 0. The largest absolute Gasteiger partial charge is 0.480 e. The lowest BCUT2D eigenvalue weighted by Gasteiger charge is -2.42. The molecule has 1 heterocycles. The van der Waals surface area contributed by atoms with Crippen molar-refractivity contribution in [1.82, 2.24) is 9.80 Å². The SMILES string of the molecule is CN1CCN(CC(C)(N)C(=O)O)C(c2ccccc2)C1. The average molecular weight is 277 g/mol. The van der Waals surface area contributed by atoms with E-state index >= 15 is 0 Å². The van der Waals surface area contributed by atoms with E-state index in [0.29, 0.717) is 6.54 Å². The first-order valence-electron chi connectivity index (χ1n) is 6.90. The van der Waals surface area contributed by atoms with Crippen molar-refractivity contribution < 1.29 is 9.90 Å². The van der Waals surface area contributed by atoms with E-state index in [-0.39, 0.29) is 6.04 Å². The third kappa shape index (κ3) is 3.36. The molecule has 2 atom stereocenters. The maximum atomic E-state index is 11.2. The molecule has 110 valence electrons. The monoisotopic (exact) mass is 277 g/mol. The molecule has 0 aliphatic carbocycles. The molecular weight excluding hydrogens is 254 g/mol. The van der Waals surface area contributed by atoms with Crippen LogP contribution < -0.4 is 5.73 Å². The summed E-state index contributed by atoms with van der Waals surface area (Å²) in [5.74, 6) is -0.955. The highest BCUT2D eigenvalue weighted by Gasteiger charge is 2.35. The number of hydrogen-bond acceptors (Lipinski definition) is 4. The third-order valence-corrected chi connectivity index (χ3v) is 3.90. The van der Waals surface area contributed by atoms with Crippen LogP contribution in [0, 0.1) is 0 Å². The van der Waals surface area contributed by atoms with E-state index in [9.17, 15) is 9.90 Å². The number of benzene rings is 1. The van der Waals surface area contributed by atoms with Crippen molar-refractivity contribution in [3.05, 3.63) is 35.9 Å². The van der Waals surface area contributed by atoms with E-state index in [2.05, 4.69) is 29.0 Å². The molecule has 0 saturated carbocycles. The Morgan fingerprint density at radius 1 is 1.40 bits per heavy atom. The second-order valence-corrected chi connectivity index (χ2v) is 5.88. The fourth-order valence-corrected chi connectivity index (χ4v) is 2.63. The molecule has 5 heteroatoms. The van der Waals surface area contributed by atoms with Gasteiger partial charge in [0.05, 0.1) is 0 Å². The van der Waals surface area contributed by atoms with Gasteiger partial charge in [-0.2, -0.15) is 0 Å². The van der Waals surface area contributed by atoms with E-state index in [1.54, 1.807) is 6.92 Å². The van der Waals surface area contributed by atoms with Crippen LogP contribution in [0.5, 0.6) is 0 Å². The maximum Gasteiger partial charge on any atom is 0.324 e. The van der Waals surface area contributed by atoms with Crippen molar-refractivity contribution in [2.75, 3.05) is 33.2 Å². The molecule has 1 aromatic carbocycles. The molecule has 2 unspecified atom stereocenters. The standard InChI is InChI=1S/C15H23N3O2/c1-15(16,14(19)20)11-18-9-8-17(2)10-13(18)12-6-4-3-5-7-12/h3-7,13H,8-11,16H2,1-2H3,(H,19,20). The normalized spacial score (nSPS) is 24.2. The van der Waals surface area contributed by atoms with Gasteiger partial charge in [0, 0.05) is 32.2 Å². The van der Waals surface area contributed by atoms with E-state index in [1.165, 1.54) is 5.56 Å². The smallest absolute Gasteiger partial charge is 0.324 e. The molecule has 0 radical (unpaired) electrons. The van der Waals surface area contributed by atoms with Gasteiger partial charge in [0.15, 0.2) is 0 Å². The molecule has 1 aliphatic rings. The van der Waals surface area contributed by atoms with Crippen molar-refractivity contribution >= 4 is 5.97 Å². The lowest BCUT2D eigenvalue weighted by molar-refractivity contribution is -0.143. The molecule has 0 bridgehead atoms. The summed E-state index contributed by atoms with van der Waals surface area (Å²) < 4.78 is 0. The molecule has 0 amide bonds. The van der Waals surface area contributed by atoms with Crippen LogP contribution in [0.4, 0.5) is 0 Å². The summed E-state index contributed by atoms with van der Waals surface area (Å²) >= 11 is 0. The molecule has 2 rings (SSSR count). The van der Waals surface area contributed by atoms with E-state index in [4.69, 9.17) is 5.73 Å². The van der Waals surface area contributed by atoms with Gasteiger partial charge in [-0.3, -0.25) is 9.69 Å². The predicted octanol–water partition coefficient (Wildman–Crippen LogP) is 0.777. The first-order valence-corrected chi connectivity index (χ1v) is 6.90. The van der Waals surface area contributed by atoms with E-state index in [1.807, 2.05) is 18.2 Å². The highest BCUT2D eigenvalue weighted by atomic mass is 16.4. The number of nitrogens with zero attached hydrogens (tertiary/aromatic N) is 2. The van der Waals surface area contributed by atoms with Crippen LogP contribution in [-0.2, 0) is 4.79 Å². The predicted molar refractivity (Wildman–Crippen MR) is 78.5 cm³/mol. The first kappa shape index (κ1) is 15.0. The van der Waals surface area contributed by atoms with Crippen LogP contribution in [0.3, 0.4) is 0 Å². The third-order valence-electron chi connectivity index (χ3n) is 3.90. The van der Waals surface area contributed by atoms with Crippen molar-refractivity contribution in [3.63, 3.8) is 0 Å². The Kier molecular flexibility index (Phi) is 4.42. The van der Waals surface area contributed by atoms with Crippen LogP contribution in [0.2, 0.25) is 0 Å². The zero-order valence-electron chi connectivity index (χ0n) is 12.1. The van der Waals surface area contributed by atoms with Gasteiger partial charge in [0.1, 0.15) is 5.54 Å². The van der Waals surface area contributed by atoms with Gasteiger partial charge >= 0.3 is 5.97 Å². The second kappa shape index (κ2) is 5.91. The molecule has 0 aromatic heterocycles. The van der Waals surface area contributed by atoms with Crippen molar-refractivity contribution in [1.29, 1.82) is 0 Å². The first-order chi connectivity index (χ1) is 9.40. The van der Waals surface area contributed by atoms with Crippen LogP contribution in [0.25, 0.3) is 0 Å². The molecule has 1 aliphatic heterocycles. The van der Waals surface area contributed by atoms with Gasteiger partial charge in [-0.25, -0.2) is 0 Å². The Morgan fingerprint density at radius 3 is 2.65 bits per heavy atom. The second-order valence-electron chi connectivity index (χ2n) is 5.88. The highest BCUT2D eigenvalue weighted by molar-refractivity contribution is 5.78. The molecule has 5 nitrogen and oxygen atoms in total. The van der Waals surface area contributed by atoms with Crippen molar-refractivity contribution in [2.45, 2.75) is 18.5 Å². The summed E-state index contributed by atoms with van der Waals surface area (Å²) in [5, 5.41) is 9.22. The molecule has 1 aromatic rings. The fourth-order valence-electron chi connectivity index (χ4n) is 2.63. The molecule has 0 spiro atoms. The zero-order valence-corrected chi connectivity index (χ0v) is 12.1. The maximum absolute atomic E-state index is 11.2. The molecule has 20 heavy (non-hydrogen) atoms. The summed E-state index contributed by atoms with van der Waals surface area (Å²) in [6.45, 7) is 4.58. The summed E-state index contributed by atoms with van der Waals surface area (Å²) in [7, 11) is 2.09. The van der Waals surface area contributed by atoms with Gasteiger partial charge in [-0.15, -0.1) is 0 Å². The quantitative estimate of drug-likeness (QED) is 0.851. The number of likely N-dealkylation sites (N-methyl/N-ethyl adjacent to an activating group) is 1. The van der Waals surface area contributed by atoms with Crippen LogP contribution >= 0.6 is 0 Å². The zero-order chi connectivity index (χ0) is 14.8. The summed E-state index contributed by atoms with van der Waals surface area (Å²) in [4.78, 5) is 15.7. The Hall–Kier alpha value is -1.43. The molecule has 1 saturated heterocycles. The Labute approximate surface area is 120 Å². The number of piperazine rings is 1. The number of carboxylic acids is 1. The van der Waals surface area contributed by atoms with Crippen LogP contribution in [-0.4, -0.2) is 59.6 Å². The number of rotatable bonds is 4. The van der Waals surface area contributed by atoms with Gasteiger partial charge in [0.2, 0.25) is 0 Å². The Bertz CT molecular complexity index is 461. The summed E-state index contributed by atoms with van der Waals surface area (Å²) in [6, 6.07) is 10.4. The molecule has 3 N–H and O–H groups in total. The number of carboxylic acid groups (broad SMARTS) is 1. The van der Waals surface area contributed by atoms with Crippen molar-refractivity contribution in [2.24, 2.45) is 5.73 Å². The molecular formula is C15H23N3O2. The van der Waals surface area contributed by atoms with Gasteiger partial charge < -0.3 is 15.7 Å². The van der Waals surface area contributed by atoms with Crippen LogP contribution in [0.1, 0.15) is 18.5 Å². The number of nitrogens with two attached hydrogens (primary N) is 1. The highest BCUT2D eigenvalue weighted by Crippen LogP contribution is 2.26. The minimum Gasteiger partial charge on any atom is -0.480 e. The Morgan fingerprint density at radius 2 is 2.05 bits per heavy atom. The average Bonchev–Trinajstić information content (AvgIpc) is 2.41. The number of hydrogen-bond donors (Lipinski definition) is 2. The number of aliphatic carboxylic acids is 1. The van der Waals surface area contributed by atoms with E-state index < -0.39 is 11.5 Å². The van der Waals surface area contributed by atoms with Gasteiger partial charge in [-0.1, -0.05) is 30.3 Å². The minimum atomic E-state index is -1.22. The number of carbonyl (C=O) groups is 1. The van der Waals surface area contributed by atoms with Crippen molar-refractivity contribution in [3.8, 4) is 0 Å². The lowest BCUT2D eigenvalue weighted by Crippen LogP contribution is -2.58. The van der Waals surface area contributed by atoms with Crippen LogP contribution in [0.15, 0.2) is 30.3 Å².